The number of phenolic OH excluding ortho intramolecular Hbond substituents is 1. The van der Waals surface area contributed by atoms with E-state index in [-0.39, 0.29) is 36.4 Å². The predicted octanol–water partition coefficient (Wildman–Crippen LogP) is 2.35. The zero-order chi connectivity index (χ0) is 15.9. The van der Waals surface area contributed by atoms with Gasteiger partial charge in [0.25, 0.3) is 5.91 Å². The van der Waals surface area contributed by atoms with Crippen LogP contribution in [0, 0.1) is 0 Å². The smallest absolute Gasteiger partial charge is 0.262 e. The third kappa shape index (κ3) is 5.27. The van der Waals surface area contributed by atoms with Crippen molar-refractivity contribution in [3.8, 4) is 11.5 Å². The van der Waals surface area contributed by atoms with Crippen LogP contribution >= 0.6 is 12.4 Å². The molecular weight excluding hydrogens is 320 g/mol. The SMILES string of the molecule is CCCCCCNCC(O)c1ccc(O)c2c1OCC(=O)N2.Cl. The lowest BCUT2D eigenvalue weighted by Gasteiger charge is -2.23. The molecule has 1 unspecified atom stereocenters. The number of ether oxygens (including phenoxy) is 1. The molecule has 0 radical (unpaired) electrons. The highest BCUT2D eigenvalue weighted by Gasteiger charge is 2.25. The van der Waals surface area contributed by atoms with E-state index in [9.17, 15) is 15.0 Å². The molecule has 6 nitrogen and oxygen atoms in total. The standard InChI is InChI=1S/C16H24N2O4.ClH/c1-2-3-4-5-8-17-9-13(20)11-6-7-12(19)15-16(11)22-10-14(21)18-15;/h6-7,13,17,19-20H,2-5,8-10H2,1H3,(H,18,21);1H. The molecule has 0 fully saturated rings. The minimum Gasteiger partial charge on any atom is -0.506 e. The van der Waals surface area contributed by atoms with Gasteiger partial charge in [0, 0.05) is 12.1 Å². The van der Waals surface area contributed by atoms with Crippen molar-refractivity contribution in [1.29, 1.82) is 0 Å². The number of aromatic hydroxyl groups is 1. The van der Waals surface area contributed by atoms with Crippen molar-refractivity contribution >= 4 is 24.0 Å². The summed E-state index contributed by atoms with van der Waals surface area (Å²) in [5, 5.41) is 25.9. The quantitative estimate of drug-likeness (QED) is 0.429. The Labute approximate surface area is 142 Å². The number of phenols is 1. The van der Waals surface area contributed by atoms with Crippen LogP contribution < -0.4 is 15.4 Å². The van der Waals surface area contributed by atoms with Gasteiger partial charge in [-0.25, -0.2) is 0 Å². The van der Waals surface area contributed by atoms with E-state index in [0.717, 1.165) is 13.0 Å². The minimum absolute atomic E-state index is 0. The highest BCUT2D eigenvalue weighted by Crippen LogP contribution is 2.41. The largest absolute Gasteiger partial charge is 0.506 e. The molecule has 0 saturated carbocycles. The molecule has 1 aliphatic rings. The van der Waals surface area contributed by atoms with E-state index in [1.54, 1.807) is 6.07 Å². The first-order valence-corrected chi connectivity index (χ1v) is 7.80. The normalized spacial score (nSPS) is 14.3. The number of hydrogen-bond donors (Lipinski definition) is 4. The van der Waals surface area contributed by atoms with E-state index in [1.807, 2.05) is 0 Å². The maximum atomic E-state index is 11.3. The average Bonchev–Trinajstić information content (AvgIpc) is 2.51. The highest BCUT2D eigenvalue weighted by molar-refractivity contribution is 5.97. The summed E-state index contributed by atoms with van der Waals surface area (Å²) in [5.74, 6) is -0.0325. The van der Waals surface area contributed by atoms with Gasteiger partial charge in [-0.05, 0) is 25.1 Å². The Balaban J connectivity index is 0.00000264. The van der Waals surface area contributed by atoms with Crippen LogP contribution in [0.4, 0.5) is 5.69 Å². The highest BCUT2D eigenvalue weighted by atomic mass is 35.5. The number of hydrogen-bond acceptors (Lipinski definition) is 5. The lowest BCUT2D eigenvalue weighted by atomic mass is 10.0. The third-order valence-corrected chi connectivity index (χ3v) is 3.68. The molecule has 1 aromatic rings. The Morgan fingerprint density at radius 1 is 1.35 bits per heavy atom. The van der Waals surface area contributed by atoms with Gasteiger partial charge in [0.15, 0.2) is 12.4 Å². The van der Waals surface area contributed by atoms with Gasteiger partial charge in [0.2, 0.25) is 0 Å². The number of carbonyl (C=O) groups excluding carboxylic acids is 1. The number of fused-ring (bicyclic) bond motifs is 1. The fourth-order valence-electron chi connectivity index (χ4n) is 2.47. The Kier molecular flexibility index (Phi) is 8.16. The van der Waals surface area contributed by atoms with Crippen LogP contribution in [-0.4, -0.2) is 35.8 Å². The molecule has 130 valence electrons. The zero-order valence-corrected chi connectivity index (χ0v) is 14.1. The number of benzene rings is 1. The monoisotopic (exact) mass is 344 g/mol. The van der Waals surface area contributed by atoms with Gasteiger partial charge in [-0.1, -0.05) is 26.2 Å². The van der Waals surface area contributed by atoms with Crippen molar-refractivity contribution in [2.75, 3.05) is 25.0 Å². The Hall–Kier alpha value is -1.50. The van der Waals surface area contributed by atoms with Crippen molar-refractivity contribution in [1.82, 2.24) is 5.32 Å². The molecule has 1 heterocycles. The van der Waals surface area contributed by atoms with Crippen LogP contribution in [0.5, 0.6) is 11.5 Å². The van der Waals surface area contributed by atoms with Gasteiger partial charge in [0.05, 0.1) is 6.10 Å². The number of anilines is 1. The van der Waals surface area contributed by atoms with Crippen LogP contribution in [0.25, 0.3) is 0 Å². The van der Waals surface area contributed by atoms with Crippen molar-refractivity contribution in [3.63, 3.8) is 0 Å². The van der Waals surface area contributed by atoms with E-state index >= 15 is 0 Å². The summed E-state index contributed by atoms with van der Waals surface area (Å²) in [7, 11) is 0. The Morgan fingerprint density at radius 3 is 2.87 bits per heavy atom. The number of aliphatic hydroxyl groups excluding tert-OH is 1. The lowest BCUT2D eigenvalue weighted by molar-refractivity contribution is -0.118. The summed E-state index contributed by atoms with van der Waals surface area (Å²) in [4.78, 5) is 11.3. The van der Waals surface area contributed by atoms with Crippen molar-refractivity contribution in [2.24, 2.45) is 0 Å². The molecule has 0 saturated heterocycles. The number of nitrogens with one attached hydrogen (secondary N) is 2. The number of amides is 1. The fraction of sp³-hybridized carbons (Fsp3) is 0.562. The maximum Gasteiger partial charge on any atom is 0.262 e. The third-order valence-electron chi connectivity index (χ3n) is 3.68. The van der Waals surface area contributed by atoms with E-state index in [4.69, 9.17) is 4.74 Å². The molecule has 0 spiro atoms. The van der Waals surface area contributed by atoms with Gasteiger partial charge in [-0.3, -0.25) is 4.79 Å². The molecule has 4 N–H and O–H groups in total. The number of unbranched alkanes of at least 4 members (excludes halogenated alkanes) is 3. The number of rotatable bonds is 8. The minimum atomic E-state index is -0.754. The summed E-state index contributed by atoms with van der Waals surface area (Å²) < 4.78 is 5.37. The van der Waals surface area contributed by atoms with Gasteiger partial charge < -0.3 is 25.6 Å². The average molecular weight is 345 g/mol. The Morgan fingerprint density at radius 2 is 2.13 bits per heavy atom. The number of aliphatic hydroxyl groups is 1. The van der Waals surface area contributed by atoms with Gasteiger partial charge in [-0.15, -0.1) is 12.4 Å². The second-order valence-electron chi connectivity index (χ2n) is 5.50. The molecule has 7 heteroatoms. The summed E-state index contributed by atoms with van der Waals surface area (Å²) >= 11 is 0. The molecule has 0 aliphatic carbocycles. The van der Waals surface area contributed by atoms with Crippen molar-refractivity contribution < 1.29 is 19.7 Å². The van der Waals surface area contributed by atoms with Crippen LogP contribution in [0.3, 0.4) is 0 Å². The maximum absolute atomic E-state index is 11.3. The van der Waals surface area contributed by atoms with Crippen molar-refractivity contribution in [3.05, 3.63) is 17.7 Å². The summed E-state index contributed by atoms with van der Waals surface area (Å²) in [5.41, 5.74) is 0.796. The lowest BCUT2D eigenvalue weighted by Crippen LogP contribution is -2.28. The fourth-order valence-corrected chi connectivity index (χ4v) is 2.47. The zero-order valence-electron chi connectivity index (χ0n) is 13.3. The summed E-state index contributed by atoms with van der Waals surface area (Å²) in [6, 6.07) is 3.07. The first-order chi connectivity index (χ1) is 10.6. The molecule has 2 rings (SSSR count). The second kappa shape index (κ2) is 9.60. The molecular formula is C16H25ClN2O4. The molecule has 23 heavy (non-hydrogen) atoms. The Bertz CT molecular complexity index is 525. The van der Waals surface area contributed by atoms with Crippen LogP contribution in [0.1, 0.15) is 44.3 Å². The molecule has 1 aliphatic heterocycles. The van der Waals surface area contributed by atoms with Gasteiger partial charge in [-0.2, -0.15) is 0 Å². The first kappa shape index (κ1) is 19.5. The molecule has 0 aromatic heterocycles. The van der Waals surface area contributed by atoms with Crippen molar-refractivity contribution in [2.45, 2.75) is 38.7 Å². The molecule has 1 atom stereocenters. The predicted molar refractivity (Wildman–Crippen MR) is 91.5 cm³/mol. The van der Waals surface area contributed by atoms with Crippen LogP contribution in [0.15, 0.2) is 12.1 Å². The van der Waals surface area contributed by atoms with Gasteiger partial charge in [0.1, 0.15) is 11.4 Å². The van der Waals surface area contributed by atoms with Crippen LogP contribution in [-0.2, 0) is 4.79 Å². The molecule has 1 amide bonds. The molecule has 1 aromatic carbocycles. The van der Waals surface area contributed by atoms with Gasteiger partial charge >= 0.3 is 0 Å². The summed E-state index contributed by atoms with van der Waals surface area (Å²) in [6.45, 7) is 3.32. The summed E-state index contributed by atoms with van der Waals surface area (Å²) in [6.07, 6.45) is 3.94. The second-order valence-corrected chi connectivity index (χ2v) is 5.50. The first-order valence-electron chi connectivity index (χ1n) is 7.80. The topological polar surface area (TPSA) is 90.8 Å². The number of carbonyl (C=O) groups is 1. The van der Waals surface area contributed by atoms with E-state index in [1.165, 1.54) is 25.3 Å². The van der Waals surface area contributed by atoms with Crippen LogP contribution in [0.2, 0.25) is 0 Å². The van der Waals surface area contributed by atoms with E-state index in [2.05, 4.69) is 17.6 Å². The molecule has 0 bridgehead atoms. The number of halogens is 1. The van der Waals surface area contributed by atoms with E-state index in [0.29, 0.717) is 17.9 Å². The van der Waals surface area contributed by atoms with E-state index < -0.39 is 6.10 Å².